The van der Waals surface area contributed by atoms with E-state index in [0.29, 0.717) is 19.3 Å². The average Bonchev–Trinajstić information content (AvgIpc) is 3.19. The van der Waals surface area contributed by atoms with Crippen LogP contribution in [0.2, 0.25) is 0 Å². The lowest BCUT2D eigenvalue weighted by atomic mass is 9.99. The molecule has 0 aromatic rings. The van der Waals surface area contributed by atoms with Crippen LogP contribution < -0.4 is 0 Å². The van der Waals surface area contributed by atoms with Crippen molar-refractivity contribution in [3.05, 3.63) is 72.9 Å². The molecule has 0 aromatic carbocycles. The van der Waals surface area contributed by atoms with E-state index in [1.165, 1.54) is 109 Å². The van der Waals surface area contributed by atoms with Crippen LogP contribution in [0.5, 0.6) is 0 Å². The van der Waals surface area contributed by atoms with E-state index >= 15 is 0 Å². The maximum absolute atomic E-state index is 12.0. The molecule has 0 spiro atoms. The Morgan fingerprint density at radius 3 is 1.46 bits per heavy atom. The van der Waals surface area contributed by atoms with Crippen molar-refractivity contribution in [1.82, 2.24) is 0 Å². The molecule has 0 aromatic heterocycles. The first kappa shape index (κ1) is 53.3. The summed E-state index contributed by atoms with van der Waals surface area (Å²) in [5.74, 6) is 0.169. The summed E-state index contributed by atoms with van der Waals surface area (Å²) in [6, 6.07) is 0. The molecule has 3 atom stereocenters. The maximum Gasteiger partial charge on any atom is 0.306 e. The van der Waals surface area contributed by atoms with Crippen molar-refractivity contribution in [3.8, 4) is 0 Å². The van der Waals surface area contributed by atoms with Crippen molar-refractivity contribution in [2.45, 2.75) is 213 Å². The number of hydrogen-bond donors (Lipinski definition) is 2. The lowest BCUT2D eigenvalue weighted by Crippen LogP contribution is -2.25. The Bertz CT molecular complexity index is 1050. The molecule has 6 nitrogen and oxygen atoms in total. The zero-order chi connectivity index (χ0) is 41.0. The fourth-order valence-electron chi connectivity index (χ4n) is 6.23. The van der Waals surface area contributed by atoms with E-state index in [1.54, 1.807) is 6.08 Å². The first-order chi connectivity index (χ1) is 27.4. The molecule has 0 saturated carbocycles. The predicted octanol–water partition coefficient (Wildman–Crippen LogP) is 13.7. The first-order valence-corrected chi connectivity index (χ1v) is 23.0. The third-order valence-corrected chi connectivity index (χ3v) is 10.1. The highest BCUT2D eigenvalue weighted by molar-refractivity contribution is 5.70. The lowest BCUT2D eigenvalue weighted by molar-refractivity contribution is -0.152. The molecule has 56 heavy (non-hydrogen) atoms. The molecule has 2 N–H and O–H groups in total. The summed E-state index contributed by atoms with van der Waals surface area (Å²) in [6.45, 7) is 6.44. The fraction of sp³-hybridized carbons (Fsp3) is 0.720. The summed E-state index contributed by atoms with van der Waals surface area (Å²) < 4.78 is 10.3. The average molecular weight is 783 g/mol. The first-order valence-electron chi connectivity index (χ1n) is 23.0. The SMILES string of the molecule is CC/C=C\C/C=C\C/C=C\C/C=C\C=C/C(O)C/C=C\CCC(=O)OC[C@@H](O)COC(=O)CCCCCCCCCCCCCCCCCCCCC(C)CC. The van der Waals surface area contributed by atoms with Gasteiger partial charge in [0.25, 0.3) is 0 Å². The summed E-state index contributed by atoms with van der Waals surface area (Å²) in [4.78, 5) is 24.0. The number of allylic oxidation sites excluding steroid dienone is 10. The van der Waals surface area contributed by atoms with Gasteiger partial charge in [0.1, 0.15) is 19.3 Å². The zero-order valence-electron chi connectivity index (χ0n) is 36.4. The summed E-state index contributed by atoms with van der Waals surface area (Å²) >= 11 is 0. The van der Waals surface area contributed by atoms with Gasteiger partial charge in [-0.15, -0.1) is 0 Å². The van der Waals surface area contributed by atoms with Gasteiger partial charge in [0.2, 0.25) is 0 Å². The van der Waals surface area contributed by atoms with E-state index in [0.717, 1.165) is 50.9 Å². The van der Waals surface area contributed by atoms with Gasteiger partial charge in [-0.1, -0.05) is 216 Å². The highest BCUT2D eigenvalue weighted by Crippen LogP contribution is 2.17. The Labute approximate surface area is 345 Å². The minimum atomic E-state index is -1.03. The van der Waals surface area contributed by atoms with Crippen LogP contribution in [0.3, 0.4) is 0 Å². The van der Waals surface area contributed by atoms with Crippen molar-refractivity contribution in [2.24, 2.45) is 5.92 Å². The molecule has 0 radical (unpaired) electrons. The fourth-order valence-corrected chi connectivity index (χ4v) is 6.23. The smallest absolute Gasteiger partial charge is 0.306 e. The van der Waals surface area contributed by atoms with Crippen LogP contribution in [0.15, 0.2) is 72.9 Å². The van der Waals surface area contributed by atoms with Gasteiger partial charge in [0, 0.05) is 12.8 Å². The Morgan fingerprint density at radius 1 is 0.518 bits per heavy atom. The molecule has 0 heterocycles. The molecule has 6 heteroatoms. The summed E-state index contributed by atoms with van der Waals surface area (Å²) in [5.41, 5.74) is 0. The van der Waals surface area contributed by atoms with Gasteiger partial charge in [0.05, 0.1) is 6.10 Å². The molecule has 0 aliphatic rings. The second-order valence-corrected chi connectivity index (χ2v) is 15.6. The number of carbonyl (C=O) groups is 2. The quantitative estimate of drug-likeness (QED) is 0.0278. The van der Waals surface area contributed by atoms with Crippen LogP contribution in [-0.2, 0) is 19.1 Å². The molecule has 0 amide bonds. The van der Waals surface area contributed by atoms with Crippen molar-refractivity contribution in [2.75, 3.05) is 13.2 Å². The highest BCUT2D eigenvalue weighted by atomic mass is 16.6. The molecule has 322 valence electrons. The Morgan fingerprint density at radius 2 is 0.964 bits per heavy atom. The van der Waals surface area contributed by atoms with Gasteiger partial charge in [0.15, 0.2) is 0 Å². The van der Waals surface area contributed by atoms with Crippen LogP contribution in [-0.4, -0.2) is 47.6 Å². The minimum absolute atomic E-state index is 0.170. The van der Waals surface area contributed by atoms with Crippen molar-refractivity contribution in [1.29, 1.82) is 0 Å². The molecular formula is C50H86O6. The molecule has 0 saturated heterocycles. The number of hydrogen-bond acceptors (Lipinski definition) is 6. The number of carbonyl (C=O) groups excluding carboxylic acids is 2. The van der Waals surface area contributed by atoms with Gasteiger partial charge < -0.3 is 19.7 Å². The number of rotatable bonds is 40. The molecule has 0 fully saturated rings. The number of aliphatic hydroxyl groups excluding tert-OH is 2. The molecule has 0 bridgehead atoms. The van der Waals surface area contributed by atoms with E-state index < -0.39 is 18.2 Å². The van der Waals surface area contributed by atoms with Crippen LogP contribution >= 0.6 is 0 Å². The molecule has 2 unspecified atom stereocenters. The number of unbranched alkanes of at least 4 members (excludes halogenated alkanes) is 17. The maximum atomic E-state index is 12.0. The van der Waals surface area contributed by atoms with Gasteiger partial charge >= 0.3 is 11.9 Å². The Kier molecular flexibility index (Phi) is 41.3. The van der Waals surface area contributed by atoms with E-state index in [4.69, 9.17) is 9.47 Å². The van der Waals surface area contributed by atoms with Crippen molar-refractivity contribution < 1.29 is 29.3 Å². The Hall–Kier alpha value is -2.70. The predicted molar refractivity (Wildman–Crippen MR) is 239 cm³/mol. The van der Waals surface area contributed by atoms with E-state index in [-0.39, 0.29) is 25.6 Å². The summed E-state index contributed by atoms with van der Waals surface area (Å²) in [7, 11) is 0. The minimum Gasteiger partial charge on any atom is -0.463 e. The standard InChI is InChI=1S/C50H86O6/c1-4-6-7-8-9-10-11-18-22-25-28-31-35-40-47(51)41-36-33-38-43-50(54)56-45-48(52)44-55-49(53)42-37-32-29-26-23-20-17-15-13-12-14-16-19-21-24-27-30-34-39-46(3)5-2/h6-7,9-10,18,22,28,31,33,35-36,40,46-48,51-52H,4-5,8,11-17,19-21,23-27,29-30,32,34,37-39,41-45H2,1-3H3/b7-6-,10-9-,22-18-,31-28-,36-33-,40-35-/t46?,47?,48-/m0/s1. The summed E-state index contributed by atoms with van der Waals surface area (Å²) in [5, 5.41) is 20.1. The van der Waals surface area contributed by atoms with Crippen LogP contribution in [0.4, 0.5) is 0 Å². The van der Waals surface area contributed by atoms with Crippen molar-refractivity contribution in [3.63, 3.8) is 0 Å². The number of ether oxygens (including phenoxy) is 2. The van der Waals surface area contributed by atoms with E-state index in [2.05, 4.69) is 57.2 Å². The molecule has 0 aliphatic heterocycles. The van der Waals surface area contributed by atoms with E-state index in [9.17, 15) is 19.8 Å². The number of aliphatic hydroxyl groups is 2. The van der Waals surface area contributed by atoms with Gasteiger partial charge in [-0.2, -0.15) is 0 Å². The highest BCUT2D eigenvalue weighted by Gasteiger charge is 2.12. The number of esters is 2. The van der Waals surface area contributed by atoms with Crippen LogP contribution in [0.1, 0.15) is 201 Å². The normalized spacial score (nSPS) is 14.0. The molecule has 0 rings (SSSR count). The zero-order valence-corrected chi connectivity index (χ0v) is 36.4. The molecular weight excluding hydrogens is 697 g/mol. The summed E-state index contributed by atoms with van der Waals surface area (Å²) in [6.07, 6.45) is 54.3. The topological polar surface area (TPSA) is 93.1 Å². The second-order valence-electron chi connectivity index (χ2n) is 15.6. The van der Waals surface area contributed by atoms with E-state index in [1.807, 2.05) is 30.4 Å². The van der Waals surface area contributed by atoms with Crippen LogP contribution in [0.25, 0.3) is 0 Å². The van der Waals surface area contributed by atoms with Crippen molar-refractivity contribution >= 4 is 11.9 Å². The van der Waals surface area contributed by atoms with Gasteiger partial charge in [-0.25, -0.2) is 0 Å². The molecule has 0 aliphatic carbocycles. The third-order valence-electron chi connectivity index (χ3n) is 10.1. The third kappa shape index (κ3) is 42.4. The van der Waals surface area contributed by atoms with Crippen LogP contribution in [0, 0.1) is 5.92 Å². The second kappa shape index (κ2) is 43.4. The monoisotopic (exact) mass is 783 g/mol. The van der Waals surface area contributed by atoms with Gasteiger partial charge in [-0.3, -0.25) is 9.59 Å². The Balaban J connectivity index is 3.59. The largest absolute Gasteiger partial charge is 0.463 e. The van der Waals surface area contributed by atoms with Gasteiger partial charge in [-0.05, 0) is 50.9 Å². The lowest BCUT2D eigenvalue weighted by Gasteiger charge is -2.12.